The van der Waals surface area contributed by atoms with E-state index in [0.29, 0.717) is 10.3 Å². The van der Waals surface area contributed by atoms with E-state index < -0.39 is 0 Å². The minimum Gasteiger partial charge on any atom is 0 e. The molecular formula is C32H49FeN2O2P. The minimum absolute atomic E-state index is 0. The van der Waals surface area contributed by atoms with Gasteiger partial charge in [-0.1, -0.05) is 106 Å². The van der Waals surface area contributed by atoms with Gasteiger partial charge in [-0.05, 0) is 61.3 Å². The van der Waals surface area contributed by atoms with Crippen molar-refractivity contribution in [3.05, 3.63) is 71.7 Å². The van der Waals surface area contributed by atoms with E-state index in [-0.39, 0.29) is 25.0 Å². The first kappa shape index (κ1) is 41.0. The maximum Gasteiger partial charge on any atom is 0 e. The molecule has 0 atom stereocenters. The van der Waals surface area contributed by atoms with Gasteiger partial charge in [-0.2, -0.15) is 0 Å². The Morgan fingerprint density at radius 1 is 0.868 bits per heavy atom. The average Bonchev–Trinajstić information content (AvgIpc) is 2.82. The summed E-state index contributed by atoms with van der Waals surface area (Å²) in [6.07, 6.45) is 5.12. The second-order valence-electron chi connectivity index (χ2n) is 11.2. The monoisotopic (exact) mass is 580 g/mol. The topological polar surface area (TPSA) is 65.0 Å². The first-order chi connectivity index (χ1) is 17.2. The van der Waals surface area contributed by atoms with Crippen molar-refractivity contribution in [2.24, 2.45) is 4.99 Å². The molecule has 0 fully saturated rings. The van der Waals surface area contributed by atoms with Crippen LogP contribution in [-0.4, -0.2) is 21.0 Å². The van der Waals surface area contributed by atoms with E-state index in [1.54, 1.807) is 0 Å². The maximum atomic E-state index is 7.50. The van der Waals surface area contributed by atoms with Gasteiger partial charge in [-0.3, -0.25) is 9.98 Å². The Balaban J connectivity index is -0.00000108. The third-order valence-corrected chi connectivity index (χ3v) is 9.62. The number of aliphatic imine (C=N–C) groups is 1. The molecular weight excluding hydrogens is 531 g/mol. The van der Waals surface area contributed by atoms with Gasteiger partial charge in [0, 0.05) is 28.9 Å². The van der Waals surface area contributed by atoms with Crippen LogP contribution in [0.15, 0.2) is 35.3 Å². The van der Waals surface area contributed by atoms with Crippen molar-refractivity contribution in [2.45, 2.75) is 119 Å². The summed E-state index contributed by atoms with van der Waals surface area (Å²) >= 11 is 0. The van der Waals surface area contributed by atoms with Crippen LogP contribution in [0, 0.1) is 34.1 Å². The van der Waals surface area contributed by atoms with Crippen molar-refractivity contribution in [1.82, 2.24) is 4.98 Å². The summed E-state index contributed by atoms with van der Waals surface area (Å²) in [6, 6.07) is 10.8. The summed E-state index contributed by atoms with van der Waals surface area (Å²) in [6.45, 7) is 36.1. The fourth-order valence-electron chi connectivity index (χ4n) is 4.34. The predicted molar refractivity (Wildman–Crippen MR) is 160 cm³/mol. The molecule has 6 heteroatoms. The Bertz CT molecular complexity index is 970. The smallest absolute Gasteiger partial charge is 0 e. The van der Waals surface area contributed by atoms with E-state index in [1.807, 2.05) is 0 Å². The summed E-state index contributed by atoms with van der Waals surface area (Å²) < 4.78 is 15.0. The van der Waals surface area contributed by atoms with Crippen LogP contribution in [0.5, 0.6) is 0 Å². The van der Waals surface area contributed by atoms with Crippen molar-refractivity contribution in [2.75, 3.05) is 0 Å². The molecule has 0 saturated carbocycles. The number of hydrogen-bond acceptors (Lipinski definition) is 2. The van der Waals surface area contributed by atoms with E-state index in [1.165, 1.54) is 41.6 Å². The van der Waals surface area contributed by atoms with Crippen molar-refractivity contribution in [3.8, 4) is 0 Å². The molecule has 38 heavy (non-hydrogen) atoms. The number of benzene rings is 1. The maximum absolute atomic E-state index is 7.50. The van der Waals surface area contributed by atoms with Gasteiger partial charge < -0.3 is 0 Å². The number of rotatable bonds is 6. The Morgan fingerprint density at radius 3 is 1.68 bits per heavy atom. The van der Waals surface area contributed by atoms with Crippen LogP contribution in [0.4, 0.5) is 5.69 Å². The Kier molecular flexibility index (Phi) is 22.0. The number of aromatic nitrogens is 1. The van der Waals surface area contributed by atoms with E-state index in [9.17, 15) is 0 Å². The summed E-state index contributed by atoms with van der Waals surface area (Å²) in [7, 11) is -0.215. The van der Waals surface area contributed by atoms with E-state index in [0.717, 1.165) is 23.3 Å². The molecule has 0 bridgehead atoms. The molecule has 0 spiro atoms. The Hall–Kier alpha value is -1.53. The van der Waals surface area contributed by atoms with Crippen LogP contribution in [0.2, 0.25) is 0 Å². The molecule has 0 aliphatic heterocycles. The van der Waals surface area contributed by atoms with Crippen molar-refractivity contribution < 1.29 is 26.4 Å². The average molecular weight is 581 g/mol. The molecule has 212 valence electrons. The zero-order valence-electron chi connectivity index (χ0n) is 25.7. The number of aryl methyl sites for hydroxylation is 3. The van der Waals surface area contributed by atoms with Gasteiger partial charge >= 0.3 is 22.6 Å². The fourth-order valence-corrected chi connectivity index (χ4v) is 7.80. The quantitative estimate of drug-likeness (QED) is 0.110. The van der Waals surface area contributed by atoms with Crippen LogP contribution in [0.1, 0.15) is 110 Å². The molecule has 0 amide bonds. The fraction of sp³-hybridized carbons (Fsp3) is 0.562. The Labute approximate surface area is 245 Å². The number of unbranched alkanes of at least 4 members (excludes halogenated alkanes) is 2. The van der Waals surface area contributed by atoms with Crippen molar-refractivity contribution in [3.63, 3.8) is 0 Å². The molecule has 0 aliphatic carbocycles. The largest absolute Gasteiger partial charge is 0 e. The third-order valence-electron chi connectivity index (χ3n) is 5.74. The molecule has 0 saturated heterocycles. The number of nitrogens with zero attached hydrogens (tertiary/aromatic N) is 2. The standard InChI is InChI=1S/C25H37N2P.C5H12.2CO.Fe/c1-17-14-18(2)23(19(3)15-17)26-20(4)22-13-11-12-21(27-22)16-28(24(5,6)7)25(8,9)10;1-3-5-4-2;2*1-2;/h11-15H,16H2,1-10H3;3-5H2,1-2H3;;;. The second kappa shape index (κ2) is 20.4. The van der Waals surface area contributed by atoms with Crippen LogP contribution < -0.4 is 0 Å². The van der Waals surface area contributed by atoms with Gasteiger partial charge in [-0.15, -0.1) is 0 Å². The van der Waals surface area contributed by atoms with Crippen LogP contribution in [0.25, 0.3) is 0 Å². The van der Waals surface area contributed by atoms with Gasteiger partial charge in [-0.25, -0.2) is 0 Å². The van der Waals surface area contributed by atoms with Crippen LogP contribution in [0.3, 0.4) is 0 Å². The molecule has 2 aromatic rings. The summed E-state index contributed by atoms with van der Waals surface area (Å²) in [5.41, 5.74) is 7.93. The second-order valence-corrected chi connectivity index (χ2v) is 15.1. The zero-order chi connectivity index (χ0) is 29.4. The minimum atomic E-state index is -0.215. The molecule has 1 heterocycles. The van der Waals surface area contributed by atoms with Crippen molar-refractivity contribution in [1.29, 1.82) is 0 Å². The predicted octanol–water partition coefficient (Wildman–Crippen LogP) is 9.85. The summed E-state index contributed by atoms with van der Waals surface area (Å²) in [4.78, 5) is 9.94. The molecule has 0 unspecified atom stereocenters. The van der Waals surface area contributed by atoms with Crippen LogP contribution >= 0.6 is 7.92 Å². The van der Waals surface area contributed by atoms with Gasteiger partial charge in [0.2, 0.25) is 0 Å². The first-order valence-electron chi connectivity index (χ1n) is 13.0. The van der Waals surface area contributed by atoms with E-state index in [2.05, 4.69) is 127 Å². The van der Waals surface area contributed by atoms with Gasteiger partial charge in [0.15, 0.2) is 0 Å². The number of pyridine rings is 1. The molecule has 1 aromatic heterocycles. The SMILES string of the molecule is CC(=Nc1c(C)cc(C)cc1C)c1cccc(CP(C(C)(C)C)C(C)(C)C)n1.CCCCC.[C-]#[O+].[C-]#[O+].[Fe]. The van der Waals surface area contributed by atoms with E-state index in [4.69, 9.17) is 19.3 Å². The molecule has 0 N–H and O–H groups in total. The molecule has 4 nitrogen and oxygen atoms in total. The number of hydrogen-bond donors (Lipinski definition) is 0. The van der Waals surface area contributed by atoms with Gasteiger partial charge in [0.1, 0.15) is 0 Å². The summed E-state index contributed by atoms with van der Waals surface area (Å²) in [5, 5.41) is 0.592. The van der Waals surface area contributed by atoms with Crippen molar-refractivity contribution >= 4 is 19.3 Å². The zero-order valence-corrected chi connectivity index (χ0v) is 27.7. The van der Waals surface area contributed by atoms with E-state index >= 15 is 0 Å². The van der Waals surface area contributed by atoms with Gasteiger partial charge in [0.05, 0.1) is 17.1 Å². The first-order valence-corrected chi connectivity index (χ1v) is 14.5. The Morgan fingerprint density at radius 2 is 1.32 bits per heavy atom. The molecule has 0 aliphatic rings. The van der Waals surface area contributed by atoms with Crippen LogP contribution in [-0.2, 0) is 32.5 Å². The molecule has 0 radical (unpaired) electrons. The normalized spacial score (nSPS) is 11.0. The third kappa shape index (κ3) is 15.2. The molecule has 1 aromatic carbocycles. The molecule has 2 rings (SSSR count). The van der Waals surface area contributed by atoms with Gasteiger partial charge in [0.25, 0.3) is 0 Å². The summed E-state index contributed by atoms with van der Waals surface area (Å²) in [5.74, 6) is 0.